The van der Waals surface area contributed by atoms with Gasteiger partial charge in [-0.2, -0.15) is 0 Å². The number of alkyl carbamates (subject to hydrolysis) is 1. The van der Waals surface area contributed by atoms with E-state index >= 15 is 0 Å². The summed E-state index contributed by atoms with van der Waals surface area (Å²) < 4.78 is 5.09. The zero-order valence-electron chi connectivity index (χ0n) is 13.1. The van der Waals surface area contributed by atoms with Gasteiger partial charge in [-0.05, 0) is 11.1 Å². The van der Waals surface area contributed by atoms with Gasteiger partial charge in [-0.3, -0.25) is 9.63 Å². The van der Waals surface area contributed by atoms with Crippen molar-refractivity contribution in [2.24, 2.45) is 0 Å². The van der Waals surface area contributed by atoms with Gasteiger partial charge in [0.15, 0.2) is 0 Å². The molecule has 2 aromatic carbocycles. The first-order chi connectivity index (χ1) is 11.7. The lowest BCUT2D eigenvalue weighted by atomic mass is 10.1. The Hall–Kier alpha value is -2.86. The number of carbonyl (C=O) groups excluding carboxylic acids is 2. The van der Waals surface area contributed by atoms with Crippen LogP contribution in [0.5, 0.6) is 0 Å². The van der Waals surface area contributed by atoms with Gasteiger partial charge >= 0.3 is 6.09 Å². The van der Waals surface area contributed by atoms with Crippen LogP contribution in [0.15, 0.2) is 60.7 Å². The summed E-state index contributed by atoms with van der Waals surface area (Å²) in [6.07, 6.45) is -0.611. The van der Waals surface area contributed by atoms with Crippen molar-refractivity contribution in [3.8, 4) is 0 Å². The van der Waals surface area contributed by atoms with Crippen LogP contribution in [0.3, 0.4) is 0 Å². The van der Waals surface area contributed by atoms with Crippen LogP contribution in [0.1, 0.15) is 11.1 Å². The van der Waals surface area contributed by atoms with Crippen LogP contribution in [-0.4, -0.2) is 29.7 Å². The van der Waals surface area contributed by atoms with E-state index in [1.807, 2.05) is 60.7 Å². The number of hydroxylamine groups is 2. The van der Waals surface area contributed by atoms with Crippen LogP contribution in [0, 0.1) is 0 Å². The number of carbonyl (C=O) groups is 2. The Bertz CT molecular complexity index is 691. The van der Waals surface area contributed by atoms with E-state index in [0.29, 0.717) is 13.2 Å². The topological polar surface area (TPSA) is 67.9 Å². The molecule has 0 unspecified atom stereocenters. The third-order valence-electron chi connectivity index (χ3n) is 3.63. The maximum atomic E-state index is 11.9. The molecule has 1 aliphatic rings. The molecular weight excluding hydrogens is 308 g/mol. The Morgan fingerprint density at radius 2 is 1.58 bits per heavy atom. The molecule has 1 aliphatic heterocycles. The quantitative estimate of drug-likeness (QED) is 0.827. The highest BCUT2D eigenvalue weighted by Crippen LogP contribution is 2.13. The second-order valence-electron chi connectivity index (χ2n) is 5.42. The van der Waals surface area contributed by atoms with Gasteiger partial charge in [0.05, 0.1) is 6.54 Å². The fraction of sp³-hybridized carbons (Fsp3) is 0.222. The second-order valence-corrected chi connectivity index (χ2v) is 5.42. The zero-order chi connectivity index (χ0) is 16.8. The molecule has 1 atom stereocenters. The van der Waals surface area contributed by atoms with Crippen molar-refractivity contribution in [1.82, 2.24) is 10.4 Å². The number of amides is 2. The van der Waals surface area contributed by atoms with Crippen molar-refractivity contribution < 1.29 is 19.2 Å². The Balaban J connectivity index is 1.37. The highest BCUT2D eigenvalue weighted by Gasteiger charge is 2.39. The lowest BCUT2D eigenvalue weighted by molar-refractivity contribution is -0.218. The van der Waals surface area contributed by atoms with E-state index in [0.717, 1.165) is 11.1 Å². The number of hydrogen-bond donors (Lipinski definition) is 1. The van der Waals surface area contributed by atoms with Crippen molar-refractivity contribution in [2.45, 2.75) is 19.3 Å². The number of nitrogens with one attached hydrogen (secondary N) is 1. The van der Waals surface area contributed by atoms with E-state index in [4.69, 9.17) is 9.57 Å². The lowest BCUT2D eigenvalue weighted by Crippen LogP contribution is -2.63. The predicted molar refractivity (Wildman–Crippen MR) is 86.5 cm³/mol. The summed E-state index contributed by atoms with van der Waals surface area (Å²) in [5.74, 6) is -0.275. The SMILES string of the molecule is O=C(N[C@@H]1CN(OCc2ccccc2)C1=O)OCc1ccccc1. The van der Waals surface area contributed by atoms with Gasteiger partial charge in [0.2, 0.25) is 0 Å². The van der Waals surface area contributed by atoms with Gasteiger partial charge in [0.25, 0.3) is 5.91 Å². The van der Waals surface area contributed by atoms with Gasteiger partial charge in [0, 0.05) is 0 Å². The first kappa shape index (κ1) is 16.0. The molecule has 6 nitrogen and oxygen atoms in total. The van der Waals surface area contributed by atoms with E-state index in [1.165, 1.54) is 5.06 Å². The van der Waals surface area contributed by atoms with E-state index in [2.05, 4.69) is 5.32 Å². The molecule has 2 amide bonds. The molecule has 0 radical (unpaired) electrons. The molecule has 0 saturated carbocycles. The number of ether oxygens (including phenoxy) is 1. The predicted octanol–water partition coefficient (Wildman–Crippen LogP) is 2.26. The van der Waals surface area contributed by atoms with Gasteiger partial charge in [-0.1, -0.05) is 60.7 Å². The molecule has 0 aromatic heterocycles. The number of rotatable bonds is 6. The molecule has 1 heterocycles. The number of β-lactam (4-membered cyclic amide) rings is 1. The van der Waals surface area contributed by atoms with Crippen molar-refractivity contribution in [3.05, 3.63) is 71.8 Å². The summed E-state index contributed by atoms with van der Waals surface area (Å²) in [4.78, 5) is 29.0. The smallest absolute Gasteiger partial charge is 0.408 e. The molecule has 1 saturated heterocycles. The van der Waals surface area contributed by atoms with Crippen LogP contribution in [-0.2, 0) is 27.6 Å². The summed E-state index contributed by atoms with van der Waals surface area (Å²) in [6, 6.07) is 18.3. The molecule has 1 fully saturated rings. The standard InChI is InChI=1S/C18H18N2O4/c21-17-16(11-20(17)24-13-15-9-5-2-6-10-15)19-18(22)23-12-14-7-3-1-4-8-14/h1-10,16H,11-13H2,(H,19,22)/t16-/m1/s1. The van der Waals surface area contributed by atoms with E-state index < -0.39 is 12.1 Å². The summed E-state index contributed by atoms with van der Waals surface area (Å²) in [7, 11) is 0. The monoisotopic (exact) mass is 326 g/mol. The Morgan fingerprint density at radius 1 is 1.00 bits per heavy atom. The van der Waals surface area contributed by atoms with Gasteiger partial charge < -0.3 is 10.1 Å². The Morgan fingerprint density at radius 3 is 2.17 bits per heavy atom. The maximum absolute atomic E-state index is 11.9. The Kier molecular flexibility index (Phi) is 5.08. The molecule has 0 bridgehead atoms. The number of benzene rings is 2. The molecule has 2 aromatic rings. The first-order valence-corrected chi connectivity index (χ1v) is 7.68. The van der Waals surface area contributed by atoms with E-state index in [1.54, 1.807) is 0 Å². The average Bonchev–Trinajstić information content (AvgIpc) is 2.63. The summed E-state index contributed by atoms with van der Waals surface area (Å²) in [5, 5.41) is 3.78. The van der Waals surface area contributed by atoms with Crippen molar-refractivity contribution in [1.29, 1.82) is 0 Å². The highest BCUT2D eigenvalue weighted by molar-refractivity contribution is 5.90. The fourth-order valence-corrected chi connectivity index (χ4v) is 2.25. The third kappa shape index (κ3) is 4.11. The number of hydrogen-bond acceptors (Lipinski definition) is 4. The first-order valence-electron chi connectivity index (χ1n) is 7.68. The molecule has 124 valence electrons. The second kappa shape index (κ2) is 7.61. The van der Waals surface area contributed by atoms with Crippen LogP contribution in [0.25, 0.3) is 0 Å². The van der Waals surface area contributed by atoms with Gasteiger partial charge in [0.1, 0.15) is 19.3 Å². The largest absolute Gasteiger partial charge is 0.445 e. The maximum Gasteiger partial charge on any atom is 0.408 e. The van der Waals surface area contributed by atoms with Crippen molar-refractivity contribution in [3.63, 3.8) is 0 Å². The molecule has 6 heteroatoms. The minimum Gasteiger partial charge on any atom is -0.445 e. The van der Waals surface area contributed by atoms with Crippen molar-refractivity contribution in [2.75, 3.05) is 6.54 Å². The molecule has 1 N–H and O–H groups in total. The van der Waals surface area contributed by atoms with E-state index in [9.17, 15) is 9.59 Å². The third-order valence-corrected chi connectivity index (χ3v) is 3.63. The molecule has 24 heavy (non-hydrogen) atoms. The van der Waals surface area contributed by atoms with Crippen LogP contribution in [0.4, 0.5) is 4.79 Å². The summed E-state index contributed by atoms with van der Waals surface area (Å²) in [6.45, 7) is 0.797. The Labute approximate surface area is 139 Å². The van der Waals surface area contributed by atoms with E-state index in [-0.39, 0.29) is 12.5 Å². The van der Waals surface area contributed by atoms with Crippen LogP contribution in [0.2, 0.25) is 0 Å². The minimum atomic E-state index is -0.611. The minimum absolute atomic E-state index is 0.168. The van der Waals surface area contributed by atoms with Gasteiger partial charge in [-0.15, -0.1) is 0 Å². The van der Waals surface area contributed by atoms with Crippen LogP contribution < -0.4 is 5.32 Å². The lowest BCUT2D eigenvalue weighted by Gasteiger charge is -2.36. The molecule has 3 rings (SSSR count). The molecular formula is C18H18N2O4. The fourth-order valence-electron chi connectivity index (χ4n) is 2.25. The average molecular weight is 326 g/mol. The normalized spacial score (nSPS) is 16.4. The van der Waals surface area contributed by atoms with Gasteiger partial charge in [-0.25, -0.2) is 9.86 Å². The number of nitrogens with zero attached hydrogens (tertiary/aromatic N) is 1. The summed E-state index contributed by atoms with van der Waals surface area (Å²) in [5.41, 5.74) is 1.87. The zero-order valence-corrected chi connectivity index (χ0v) is 13.1. The van der Waals surface area contributed by atoms with Crippen molar-refractivity contribution >= 4 is 12.0 Å². The van der Waals surface area contributed by atoms with Crippen LogP contribution >= 0.6 is 0 Å². The highest BCUT2D eigenvalue weighted by atomic mass is 16.7. The molecule has 0 spiro atoms. The molecule has 0 aliphatic carbocycles. The summed E-state index contributed by atoms with van der Waals surface area (Å²) >= 11 is 0.